The van der Waals surface area contributed by atoms with E-state index in [2.05, 4.69) is 17.5 Å². The summed E-state index contributed by atoms with van der Waals surface area (Å²) in [6.07, 6.45) is 3.27. The van der Waals surface area contributed by atoms with Crippen LogP contribution in [0.5, 0.6) is 0 Å². The van der Waals surface area contributed by atoms with Crippen molar-refractivity contribution >= 4 is 11.3 Å². The first kappa shape index (κ1) is 7.32. The van der Waals surface area contributed by atoms with Gasteiger partial charge < -0.3 is 5.11 Å². The molecule has 1 nitrogen and oxygen atoms in total. The smallest absolute Gasteiger partial charge is 0.0616 e. The molecule has 1 fully saturated rings. The Morgan fingerprint density at radius 3 is 2.91 bits per heavy atom. The van der Waals surface area contributed by atoms with Crippen LogP contribution in [0.2, 0.25) is 0 Å². The van der Waals surface area contributed by atoms with Gasteiger partial charge in [0.1, 0.15) is 0 Å². The van der Waals surface area contributed by atoms with Crippen molar-refractivity contribution in [2.75, 3.05) is 0 Å². The van der Waals surface area contributed by atoms with Gasteiger partial charge in [-0.3, -0.25) is 0 Å². The van der Waals surface area contributed by atoms with E-state index in [4.69, 9.17) is 0 Å². The van der Waals surface area contributed by atoms with Gasteiger partial charge in [0.2, 0.25) is 0 Å². The molecule has 11 heavy (non-hydrogen) atoms. The number of hydrogen-bond acceptors (Lipinski definition) is 2. The third-order valence-corrected chi connectivity index (χ3v) is 3.39. The third-order valence-electron chi connectivity index (χ3n) is 2.39. The van der Waals surface area contributed by atoms with Crippen LogP contribution in [0.3, 0.4) is 0 Å². The molecule has 0 bridgehead atoms. The minimum atomic E-state index is -0.0753. The Bertz CT molecular complexity index is 217. The molecular weight excluding hydrogens is 156 g/mol. The minimum Gasteiger partial charge on any atom is -0.392 e. The molecule has 60 valence electrons. The quantitative estimate of drug-likeness (QED) is 0.682. The van der Waals surface area contributed by atoms with Gasteiger partial charge in [0, 0.05) is 10.8 Å². The average Bonchev–Trinajstić information content (AvgIpc) is 2.55. The summed E-state index contributed by atoms with van der Waals surface area (Å²) < 4.78 is 0. The second kappa shape index (κ2) is 2.95. The molecule has 1 aliphatic rings. The number of aliphatic hydroxyl groups excluding tert-OH is 1. The van der Waals surface area contributed by atoms with Crippen molar-refractivity contribution in [3.8, 4) is 0 Å². The number of rotatable bonds is 1. The molecule has 1 saturated carbocycles. The summed E-state index contributed by atoms with van der Waals surface area (Å²) in [6.45, 7) is 0. The molecule has 0 aromatic carbocycles. The predicted octanol–water partition coefficient (Wildman–Crippen LogP) is 2.38. The minimum absolute atomic E-state index is 0.0753. The molecule has 0 saturated heterocycles. The molecule has 0 spiro atoms. The molecule has 2 atom stereocenters. The van der Waals surface area contributed by atoms with Crippen molar-refractivity contribution in [1.29, 1.82) is 0 Å². The Morgan fingerprint density at radius 1 is 1.45 bits per heavy atom. The molecule has 0 amide bonds. The van der Waals surface area contributed by atoms with Gasteiger partial charge >= 0.3 is 0 Å². The van der Waals surface area contributed by atoms with Crippen LogP contribution in [-0.2, 0) is 0 Å². The van der Waals surface area contributed by atoms with E-state index in [1.807, 2.05) is 0 Å². The van der Waals surface area contributed by atoms with Gasteiger partial charge in [-0.05, 0) is 24.3 Å². The molecular formula is C9H12OS. The fourth-order valence-corrected chi connectivity index (χ4v) is 2.70. The second-order valence-corrected chi connectivity index (χ2v) is 4.10. The van der Waals surface area contributed by atoms with Crippen molar-refractivity contribution < 1.29 is 5.11 Å². The van der Waals surface area contributed by atoms with Crippen LogP contribution in [0.15, 0.2) is 17.5 Å². The van der Waals surface area contributed by atoms with Gasteiger partial charge in [-0.15, -0.1) is 11.3 Å². The summed E-state index contributed by atoms with van der Waals surface area (Å²) in [5.74, 6) is 0.440. The van der Waals surface area contributed by atoms with Gasteiger partial charge in [-0.1, -0.05) is 12.5 Å². The first-order valence-electron chi connectivity index (χ1n) is 4.09. The lowest BCUT2D eigenvalue weighted by Crippen LogP contribution is -2.09. The van der Waals surface area contributed by atoms with Crippen LogP contribution < -0.4 is 0 Å². The summed E-state index contributed by atoms with van der Waals surface area (Å²) >= 11 is 1.76. The van der Waals surface area contributed by atoms with Crippen molar-refractivity contribution in [2.45, 2.75) is 31.3 Å². The van der Waals surface area contributed by atoms with E-state index in [9.17, 15) is 5.11 Å². The van der Waals surface area contributed by atoms with Crippen LogP contribution in [0.1, 0.15) is 30.1 Å². The molecule has 1 heterocycles. The molecule has 1 N–H and O–H groups in total. The largest absolute Gasteiger partial charge is 0.392 e. The summed E-state index contributed by atoms with van der Waals surface area (Å²) in [4.78, 5) is 1.36. The monoisotopic (exact) mass is 168 g/mol. The standard InChI is InChI=1S/C9H12OS/c10-8-4-1-3-7(8)9-5-2-6-11-9/h2,5-8,10H,1,3-4H2. The highest BCUT2D eigenvalue weighted by Gasteiger charge is 2.26. The average molecular weight is 168 g/mol. The van der Waals surface area contributed by atoms with Crippen molar-refractivity contribution in [3.05, 3.63) is 22.4 Å². The van der Waals surface area contributed by atoms with E-state index in [0.717, 1.165) is 6.42 Å². The first-order chi connectivity index (χ1) is 5.38. The lowest BCUT2D eigenvalue weighted by Gasteiger charge is -2.11. The fourth-order valence-electron chi connectivity index (χ4n) is 1.77. The summed E-state index contributed by atoms with van der Waals surface area (Å²) in [5, 5.41) is 11.7. The Labute approximate surface area is 70.7 Å². The van der Waals surface area contributed by atoms with Gasteiger partial charge in [-0.2, -0.15) is 0 Å². The molecule has 0 aliphatic heterocycles. The van der Waals surface area contributed by atoms with E-state index in [1.54, 1.807) is 11.3 Å². The number of thiophene rings is 1. The van der Waals surface area contributed by atoms with E-state index in [1.165, 1.54) is 17.7 Å². The van der Waals surface area contributed by atoms with E-state index < -0.39 is 0 Å². The molecule has 0 radical (unpaired) electrons. The Morgan fingerprint density at radius 2 is 2.36 bits per heavy atom. The Hall–Kier alpha value is -0.340. The topological polar surface area (TPSA) is 20.2 Å². The zero-order chi connectivity index (χ0) is 7.68. The zero-order valence-electron chi connectivity index (χ0n) is 6.36. The number of hydrogen-bond donors (Lipinski definition) is 1. The SMILES string of the molecule is OC1CCCC1c1cccs1. The molecule has 1 aromatic rings. The van der Waals surface area contributed by atoms with Crippen LogP contribution in [0.4, 0.5) is 0 Å². The maximum Gasteiger partial charge on any atom is 0.0616 e. The summed E-state index contributed by atoms with van der Waals surface area (Å²) in [6, 6.07) is 4.19. The van der Waals surface area contributed by atoms with Crippen molar-refractivity contribution in [3.63, 3.8) is 0 Å². The van der Waals surface area contributed by atoms with Crippen molar-refractivity contribution in [1.82, 2.24) is 0 Å². The van der Waals surface area contributed by atoms with Crippen LogP contribution >= 0.6 is 11.3 Å². The van der Waals surface area contributed by atoms with E-state index in [0.29, 0.717) is 5.92 Å². The predicted molar refractivity (Wildman–Crippen MR) is 46.9 cm³/mol. The van der Waals surface area contributed by atoms with Crippen molar-refractivity contribution in [2.24, 2.45) is 0 Å². The van der Waals surface area contributed by atoms with Gasteiger partial charge in [-0.25, -0.2) is 0 Å². The molecule has 2 unspecified atom stereocenters. The highest BCUT2D eigenvalue weighted by molar-refractivity contribution is 7.10. The highest BCUT2D eigenvalue weighted by Crippen LogP contribution is 2.36. The molecule has 1 aliphatic carbocycles. The van der Waals surface area contributed by atoms with Crippen LogP contribution in [-0.4, -0.2) is 11.2 Å². The summed E-state index contributed by atoms with van der Waals surface area (Å²) in [5.41, 5.74) is 0. The maximum atomic E-state index is 9.57. The van der Waals surface area contributed by atoms with Crippen LogP contribution in [0.25, 0.3) is 0 Å². The zero-order valence-corrected chi connectivity index (χ0v) is 7.18. The lowest BCUT2D eigenvalue weighted by atomic mass is 10.0. The van der Waals surface area contributed by atoms with Crippen LogP contribution in [0, 0.1) is 0 Å². The maximum absolute atomic E-state index is 9.57. The molecule has 2 rings (SSSR count). The Kier molecular flexibility index (Phi) is 1.96. The lowest BCUT2D eigenvalue weighted by molar-refractivity contribution is 0.165. The van der Waals surface area contributed by atoms with E-state index in [-0.39, 0.29) is 6.10 Å². The molecule has 1 aromatic heterocycles. The van der Waals surface area contributed by atoms with Gasteiger partial charge in [0.15, 0.2) is 0 Å². The van der Waals surface area contributed by atoms with Gasteiger partial charge in [0.25, 0.3) is 0 Å². The first-order valence-corrected chi connectivity index (χ1v) is 4.97. The Balaban J connectivity index is 2.16. The van der Waals surface area contributed by atoms with E-state index >= 15 is 0 Å². The number of aliphatic hydroxyl groups is 1. The second-order valence-electron chi connectivity index (χ2n) is 3.12. The third kappa shape index (κ3) is 1.33. The fraction of sp³-hybridized carbons (Fsp3) is 0.556. The van der Waals surface area contributed by atoms with Gasteiger partial charge in [0.05, 0.1) is 6.10 Å². The normalized spacial score (nSPS) is 31.0. The molecule has 2 heteroatoms. The highest BCUT2D eigenvalue weighted by atomic mass is 32.1. The summed E-state index contributed by atoms with van der Waals surface area (Å²) in [7, 11) is 0.